The van der Waals surface area contributed by atoms with Gasteiger partial charge in [-0.3, -0.25) is 28.2 Å². The second-order valence-electron chi connectivity index (χ2n) is 14.3. The molecule has 4 aromatic heterocycles. The first-order valence-corrected chi connectivity index (χ1v) is 20.6. The maximum atomic E-state index is 15.0. The van der Waals surface area contributed by atoms with Crippen LogP contribution in [0, 0.1) is 11.6 Å². The summed E-state index contributed by atoms with van der Waals surface area (Å²) in [7, 11) is -4.09. The van der Waals surface area contributed by atoms with Crippen LogP contribution in [0.15, 0.2) is 77.9 Å². The number of nitrogens with zero attached hydrogens (tertiary/aromatic N) is 8. The largest absolute Gasteiger partial charge is 0.344 e. The summed E-state index contributed by atoms with van der Waals surface area (Å²) in [6, 6.07) is 9.32. The van der Waals surface area contributed by atoms with Crippen LogP contribution in [-0.4, -0.2) is 65.1 Å². The van der Waals surface area contributed by atoms with Crippen molar-refractivity contribution in [2.45, 2.75) is 62.9 Å². The Kier molecular flexibility index (Phi) is 11.6. The Morgan fingerprint density at radius 3 is 2.25 bits per heavy atom. The highest BCUT2D eigenvalue weighted by atomic mass is 35.5. The molecule has 0 saturated heterocycles. The van der Waals surface area contributed by atoms with E-state index in [2.05, 4.69) is 30.2 Å². The Morgan fingerprint density at radius 1 is 0.889 bits per heavy atom. The lowest BCUT2D eigenvalue weighted by Crippen LogP contribution is -2.37. The Labute approximate surface area is 354 Å². The highest BCUT2D eigenvalue weighted by Gasteiger charge is 2.37. The van der Waals surface area contributed by atoms with E-state index in [1.165, 1.54) is 42.7 Å². The monoisotopic (exact) mass is 920 g/mol. The minimum atomic E-state index is -4.09. The van der Waals surface area contributed by atoms with Gasteiger partial charge in [-0.05, 0) is 66.9 Å². The van der Waals surface area contributed by atoms with E-state index in [9.17, 15) is 53.1 Å². The number of aromatic nitrogens is 8. The predicted molar refractivity (Wildman–Crippen MR) is 211 cm³/mol. The van der Waals surface area contributed by atoms with Gasteiger partial charge in [-0.2, -0.15) is 10.2 Å². The van der Waals surface area contributed by atoms with Gasteiger partial charge in [0.15, 0.2) is 11.6 Å². The average Bonchev–Trinajstić information content (AvgIpc) is 3.92. The maximum Gasteiger partial charge on any atom is 0.282 e. The van der Waals surface area contributed by atoms with Gasteiger partial charge >= 0.3 is 0 Å². The number of amides is 1. The molecule has 3 aromatic carbocycles. The van der Waals surface area contributed by atoms with Crippen LogP contribution in [-0.2, 0) is 34.3 Å². The molecule has 0 unspecified atom stereocenters. The summed E-state index contributed by atoms with van der Waals surface area (Å²) in [5, 5.41) is 8.78. The van der Waals surface area contributed by atoms with Crippen molar-refractivity contribution in [2.75, 3.05) is 4.72 Å². The summed E-state index contributed by atoms with van der Waals surface area (Å²) in [6.07, 6.45) is -6.80. The number of carbonyl (C=O) groups excluding carboxylic acids is 1. The summed E-state index contributed by atoms with van der Waals surface area (Å²) in [6.45, 7) is -2.26. The summed E-state index contributed by atoms with van der Waals surface area (Å²) in [5.41, 5.74) is -3.49. The van der Waals surface area contributed by atoms with Gasteiger partial charge in [-0.1, -0.05) is 17.7 Å². The molecule has 7 aromatic rings. The zero-order valence-corrected chi connectivity index (χ0v) is 33.4. The molecule has 8 rings (SSSR count). The van der Waals surface area contributed by atoms with Crippen LogP contribution in [0.2, 0.25) is 5.02 Å². The molecule has 328 valence electrons. The lowest BCUT2D eigenvalue weighted by Gasteiger charge is -2.24. The van der Waals surface area contributed by atoms with E-state index in [4.69, 9.17) is 16.6 Å². The third-order valence-electron chi connectivity index (χ3n) is 9.87. The van der Waals surface area contributed by atoms with Gasteiger partial charge in [0, 0.05) is 30.4 Å². The van der Waals surface area contributed by atoms with Gasteiger partial charge in [0.25, 0.3) is 24.8 Å². The van der Waals surface area contributed by atoms with Gasteiger partial charge in [-0.15, -0.1) is 0 Å². The van der Waals surface area contributed by atoms with Gasteiger partial charge < -0.3 is 5.32 Å². The molecule has 24 heteroatoms. The zero-order valence-electron chi connectivity index (χ0n) is 31.9. The molecule has 14 nitrogen and oxygen atoms in total. The second-order valence-corrected chi connectivity index (χ2v) is 16.7. The first-order valence-electron chi connectivity index (χ1n) is 18.7. The topological polar surface area (TPSA) is 172 Å². The number of hydrogen-bond acceptors (Lipinski definition) is 9. The third kappa shape index (κ3) is 8.92. The molecule has 0 spiro atoms. The van der Waals surface area contributed by atoms with Crippen LogP contribution < -0.4 is 15.6 Å². The van der Waals surface area contributed by atoms with Crippen LogP contribution in [0.5, 0.6) is 0 Å². The van der Waals surface area contributed by atoms with Crippen LogP contribution in [0.25, 0.3) is 38.9 Å². The van der Waals surface area contributed by atoms with E-state index >= 15 is 0 Å². The SMILES string of the molecule is O=C(Cn1nc(C(F)F)cc1C(F)F)N[C@@H](Cc1cc(F)cc(F)c1)c1nc2cc(-c3ncccn3)ccc2c(=O)n1-c1ccc(Cl)c2c(NS(=O)(=O)C3CC3)nn(CC(F)F)c12. The standard InChI is InChI=1S/C39H29ClF8N10O4S/c40-24-6-7-28(33-32(24)37(54-57(33)16-30(43)44)55-63(61,62)22-3-4-22)58-38(52-25-13-19(2-5-23(25)39(58)60)36-49-8-1-9-50-36)27(12-18-10-20(41)14-21(42)11-18)51-31(59)17-56-29(35(47)48)15-26(53-56)34(45)46/h1-2,5-11,13-15,22,27,30,34-35H,3-4,12,16-17H2,(H,51,59)(H,54,55)/t27-/m0/s1. The second kappa shape index (κ2) is 17.0. The molecule has 0 bridgehead atoms. The summed E-state index contributed by atoms with van der Waals surface area (Å²) < 4.78 is 143. The molecule has 4 heterocycles. The van der Waals surface area contributed by atoms with Crippen molar-refractivity contribution >= 4 is 55.2 Å². The lowest BCUT2D eigenvalue weighted by molar-refractivity contribution is -0.122. The zero-order chi connectivity index (χ0) is 44.9. The lowest BCUT2D eigenvalue weighted by atomic mass is 10.0. The number of halogens is 9. The fourth-order valence-electron chi connectivity index (χ4n) is 7.04. The predicted octanol–water partition coefficient (Wildman–Crippen LogP) is 7.47. The van der Waals surface area contributed by atoms with Crippen LogP contribution in [0.3, 0.4) is 0 Å². The summed E-state index contributed by atoms with van der Waals surface area (Å²) in [5.74, 6) is -4.00. The van der Waals surface area contributed by atoms with Crippen molar-refractivity contribution in [1.82, 2.24) is 44.4 Å². The van der Waals surface area contributed by atoms with Gasteiger partial charge in [0.1, 0.15) is 41.9 Å². The minimum Gasteiger partial charge on any atom is -0.344 e. The number of fused-ring (bicyclic) bond motifs is 2. The quantitative estimate of drug-likeness (QED) is 0.0991. The molecule has 63 heavy (non-hydrogen) atoms. The third-order valence-corrected chi connectivity index (χ3v) is 12.0. The number of alkyl halides is 6. The number of anilines is 1. The Balaban J connectivity index is 1.38. The van der Waals surface area contributed by atoms with Crippen LogP contribution in [0.1, 0.15) is 54.5 Å². The maximum absolute atomic E-state index is 15.0. The van der Waals surface area contributed by atoms with Crippen molar-refractivity contribution in [3.05, 3.63) is 123 Å². The summed E-state index contributed by atoms with van der Waals surface area (Å²) in [4.78, 5) is 42.0. The van der Waals surface area contributed by atoms with E-state index in [1.54, 1.807) is 6.07 Å². The van der Waals surface area contributed by atoms with Crippen molar-refractivity contribution in [3.63, 3.8) is 0 Å². The van der Waals surface area contributed by atoms with Crippen LogP contribution >= 0.6 is 11.6 Å². The van der Waals surface area contributed by atoms with E-state index in [-0.39, 0.29) is 43.9 Å². The molecule has 1 fully saturated rings. The molecule has 0 aliphatic heterocycles. The number of hydrogen-bond donors (Lipinski definition) is 2. The van der Waals surface area contributed by atoms with Crippen molar-refractivity contribution < 1.29 is 48.3 Å². The first kappa shape index (κ1) is 43.2. The smallest absolute Gasteiger partial charge is 0.282 e. The fraction of sp³-hybridized carbons (Fsp3) is 0.256. The highest BCUT2D eigenvalue weighted by molar-refractivity contribution is 7.93. The summed E-state index contributed by atoms with van der Waals surface area (Å²) >= 11 is 6.62. The van der Waals surface area contributed by atoms with Crippen LogP contribution in [0.4, 0.5) is 40.9 Å². The molecule has 1 saturated carbocycles. The van der Waals surface area contributed by atoms with Gasteiger partial charge in [0.05, 0.1) is 43.8 Å². The van der Waals surface area contributed by atoms with E-state index in [0.29, 0.717) is 35.2 Å². The first-order chi connectivity index (χ1) is 30.0. The highest BCUT2D eigenvalue weighted by Crippen LogP contribution is 2.38. The van der Waals surface area contributed by atoms with Crippen molar-refractivity contribution in [2.24, 2.45) is 0 Å². The van der Waals surface area contributed by atoms with Crippen molar-refractivity contribution in [3.8, 4) is 17.1 Å². The fourth-order valence-corrected chi connectivity index (χ4v) is 8.62. The Hall–Kier alpha value is -6.49. The molecule has 1 aliphatic carbocycles. The number of benzene rings is 3. The molecular weight excluding hydrogens is 892 g/mol. The Bertz CT molecular complexity index is 3050. The van der Waals surface area contributed by atoms with E-state index in [1.807, 2.05) is 0 Å². The molecule has 2 N–H and O–H groups in total. The molecule has 0 radical (unpaired) electrons. The number of sulfonamides is 1. The van der Waals surface area contributed by atoms with Crippen molar-refractivity contribution in [1.29, 1.82) is 0 Å². The number of nitrogens with one attached hydrogen (secondary N) is 2. The average molecular weight is 921 g/mol. The van der Waals surface area contributed by atoms with E-state index in [0.717, 1.165) is 21.4 Å². The van der Waals surface area contributed by atoms with Gasteiger partial charge in [-0.25, -0.2) is 58.5 Å². The number of carbonyl (C=O) groups is 1. The van der Waals surface area contributed by atoms with Gasteiger partial charge in [0.2, 0.25) is 15.9 Å². The molecule has 1 atom stereocenters. The van der Waals surface area contributed by atoms with E-state index < -0.39 is 106 Å². The normalized spacial score (nSPS) is 13.8. The Morgan fingerprint density at radius 2 is 1.60 bits per heavy atom. The number of rotatable bonds is 15. The molecule has 1 aliphatic rings. The molecule has 1 amide bonds. The molecular formula is C39H29ClF8N10O4S. The minimum absolute atomic E-state index is 0.0707.